The molecule has 2 aromatic heterocycles. The first-order chi connectivity index (χ1) is 27.5. The largest absolute Gasteiger partial charge is 0.497 e. The Hall–Kier alpha value is -5.35. The Labute approximate surface area is 332 Å². The summed E-state index contributed by atoms with van der Waals surface area (Å²) in [5.41, 5.74) is 3.51. The number of halogens is 1. The first-order valence-corrected chi connectivity index (χ1v) is 19.2. The average Bonchev–Trinajstić information content (AvgIpc) is 3.84. The number of aliphatic hydroxyl groups is 1. The maximum Gasteiger partial charge on any atom is 0.145 e. The zero-order chi connectivity index (χ0) is 38.4. The average molecular weight is 766 g/mol. The number of hydrogen-bond acceptors (Lipinski definition) is 7. The number of hydrogen-bond donors (Lipinski definition) is 1. The Morgan fingerprint density at radius 2 is 1.27 bits per heavy atom. The Balaban J connectivity index is 1.27. The van der Waals surface area contributed by atoms with Crippen molar-refractivity contribution in [3.8, 4) is 5.75 Å². The molecule has 0 amide bonds. The molecule has 1 aliphatic rings. The number of methoxy groups -OCH3 is 1. The lowest BCUT2D eigenvalue weighted by Crippen LogP contribution is -2.47. The first kappa shape index (κ1) is 37.6. The van der Waals surface area contributed by atoms with Crippen LogP contribution in [0.25, 0.3) is 11.0 Å². The quantitative estimate of drug-likeness (QED) is 0.0823. The van der Waals surface area contributed by atoms with Gasteiger partial charge >= 0.3 is 0 Å². The fraction of sp³-hybridized carbons (Fsp3) is 0.234. The minimum Gasteiger partial charge on any atom is -0.497 e. The Bertz CT molecular complexity index is 2270. The molecule has 1 N–H and O–H groups in total. The van der Waals surface area contributed by atoms with Gasteiger partial charge in [-0.2, -0.15) is 0 Å². The standard InChI is InChI=1S/C47H44ClN3O5/c1-53-39-24-22-38(23-25-39)47(36-18-10-4-11-19-36,37-20-12-5-13-21-37)56-32-46(31-52)28-41(51-27-26-40-44(48)49-33-50-45(40)51)42(54-29-34-14-6-2-7-15-34)43(46)55-30-35-16-8-3-9-17-35/h2-27,33,41-43,52H,28-32H2,1H3/t41-,42+,43+,46+/m1/s1. The van der Waals surface area contributed by atoms with Crippen LogP contribution in [-0.2, 0) is 33.0 Å². The maximum absolute atomic E-state index is 11.8. The van der Waals surface area contributed by atoms with Crippen molar-refractivity contribution in [1.82, 2.24) is 14.5 Å². The molecule has 1 saturated carbocycles. The van der Waals surface area contributed by atoms with Crippen molar-refractivity contribution in [2.75, 3.05) is 20.3 Å². The topological polar surface area (TPSA) is 87.9 Å². The van der Waals surface area contributed by atoms with Crippen molar-refractivity contribution in [3.05, 3.63) is 197 Å². The molecule has 0 saturated heterocycles. The van der Waals surface area contributed by atoms with Gasteiger partial charge in [-0.25, -0.2) is 9.97 Å². The van der Waals surface area contributed by atoms with Gasteiger partial charge in [-0.3, -0.25) is 0 Å². The second-order valence-electron chi connectivity index (χ2n) is 14.3. The van der Waals surface area contributed by atoms with E-state index in [1.165, 1.54) is 6.33 Å². The molecule has 56 heavy (non-hydrogen) atoms. The molecule has 0 aliphatic heterocycles. The normalized spacial score (nSPS) is 19.7. The van der Waals surface area contributed by atoms with Gasteiger partial charge in [0.1, 0.15) is 34.6 Å². The van der Waals surface area contributed by atoms with Crippen molar-refractivity contribution in [2.45, 2.75) is 43.5 Å². The van der Waals surface area contributed by atoms with Gasteiger partial charge in [-0.1, -0.05) is 145 Å². The van der Waals surface area contributed by atoms with E-state index in [-0.39, 0.29) is 19.3 Å². The Morgan fingerprint density at radius 3 is 1.84 bits per heavy atom. The van der Waals surface area contributed by atoms with Crippen LogP contribution >= 0.6 is 11.6 Å². The third-order valence-electron chi connectivity index (χ3n) is 11.0. The first-order valence-electron chi connectivity index (χ1n) is 18.8. The van der Waals surface area contributed by atoms with Crippen molar-refractivity contribution < 1.29 is 24.1 Å². The lowest BCUT2D eigenvalue weighted by molar-refractivity contribution is -0.154. The highest BCUT2D eigenvalue weighted by Crippen LogP contribution is 2.51. The van der Waals surface area contributed by atoms with Gasteiger partial charge in [0.05, 0.1) is 51.1 Å². The van der Waals surface area contributed by atoms with Crippen LogP contribution in [0.2, 0.25) is 5.15 Å². The van der Waals surface area contributed by atoms with Gasteiger partial charge in [0.25, 0.3) is 0 Å². The molecule has 0 spiro atoms. The third-order valence-corrected chi connectivity index (χ3v) is 11.3. The molecule has 0 radical (unpaired) electrons. The zero-order valence-corrected chi connectivity index (χ0v) is 31.9. The number of aromatic nitrogens is 3. The molecule has 8 rings (SSSR count). The molecular formula is C47H44ClN3O5. The zero-order valence-electron chi connectivity index (χ0n) is 31.2. The van der Waals surface area contributed by atoms with Crippen molar-refractivity contribution in [1.29, 1.82) is 0 Å². The monoisotopic (exact) mass is 765 g/mol. The van der Waals surface area contributed by atoms with E-state index in [9.17, 15) is 5.11 Å². The van der Waals surface area contributed by atoms with Crippen LogP contribution in [-0.4, -0.2) is 52.2 Å². The molecule has 4 atom stereocenters. The van der Waals surface area contributed by atoms with Crippen molar-refractivity contribution >= 4 is 22.6 Å². The fourth-order valence-corrected chi connectivity index (χ4v) is 8.37. The summed E-state index contributed by atoms with van der Waals surface area (Å²) in [6.07, 6.45) is 2.77. The molecule has 284 valence electrons. The predicted octanol–water partition coefficient (Wildman–Crippen LogP) is 9.20. The lowest BCUT2D eigenvalue weighted by atomic mass is 9.79. The maximum atomic E-state index is 11.8. The number of benzene rings is 5. The number of rotatable bonds is 15. The smallest absolute Gasteiger partial charge is 0.145 e. The van der Waals surface area contributed by atoms with E-state index < -0.39 is 23.2 Å². The number of nitrogens with zero attached hydrogens (tertiary/aromatic N) is 3. The summed E-state index contributed by atoms with van der Waals surface area (Å²) in [7, 11) is 1.66. The molecule has 2 heterocycles. The highest BCUT2D eigenvalue weighted by molar-refractivity contribution is 6.33. The molecule has 9 heteroatoms. The summed E-state index contributed by atoms with van der Waals surface area (Å²) in [5, 5.41) is 13.0. The minimum absolute atomic E-state index is 0.120. The summed E-state index contributed by atoms with van der Waals surface area (Å²) in [6, 6.07) is 50.2. The highest BCUT2D eigenvalue weighted by Gasteiger charge is 2.57. The van der Waals surface area contributed by atoms with Crippen LogP contribution in [0.4, 0.5) is 0 Å². The summed E-state index contributed by atoms with van der Waals surface area (Å²) in [5.74, 6) is 0.741. The molecule has 5 aromatic carbocycles. The molecule has 1 fully saturated rings. The number of ether oxygens (including phenoxy) is 4. The van der Waals surface area contributed by atoms with E-state index in [0.29, 0.717) is 30.4 Å². The van der Waals surface area contributed by atoms with Gasteiger partial charge in [0, 0.05) is 11.6 Å². The van der Waals surface area contributed by atoms with Crippen LogP contribution < -0.4 is 4.74 Å². The molecular weight excluding hydrogens is 722 g/mol. The molecule has 0 bridgehead atoms. The summed E-state index contributed by atoms with van der Waals surface area (Å²) < 4.78 is 29.2. The molecule has 0 unspecified atom stereocenters. The van der Waals surface area contributed by atoms with E-state index in [2.05, 4.69) is 38.8 Å². The Kier molecular flexibility index (Phi) is 11.3. The van der Waals surface area contributed by atoms with Gasteiger partial charge in [-0.15, -0.1) is 0 Å². The third kappa shape index (κ3) is 7.34. The van der Waals surface area contributed by atoms with Crippen molar-refractivity contribution in [2.24, 2.45) is 5.41 Å². The fourth-order valence-electron chi connectivity index (χ4n) is 8.18. The second-order valence-corrected chi connectivity index (χ2v) is 14.7. The summed E-state index contributed by atoms with van der Waals surface area (Å²) in [4.78, 5) is 8.91. The van der Waals surface area contributed by atoms with E-state index in [4.69, 9.17) is 30.5 Å². The van der Waals surface area contributed by atoms with Crippen LogP contribution in [0.3, 0.4) is 0 Å². The molecule has 8 nitrogen and oxygen atoms in total. The van der Waals surface area contributed by atoms with Gasteiger partial charge < -0.3 is 28.6 Å². The Morgan fingerprint density at radius 1 is 0.714 bits per heavy atom. The van der Waals surface area contributed by atoms with Crippen LogP contribution in [0.1, 0.15) is 40.3 Å². The van der Waals surface area contributed by atoms with Gasteiger partial charge in [-0.05, 0) is 52.4 Å². The van der Waals surface area contributed by atoms with E-state index >= 15 is 0 Å². The molecule has 7 aromatic rings. The summed E-state index contributed by atoms with van der Waals surface area (Å²) >= 11 is 6.59. The van der Waals surface area contributed by atoms with Crippen LogP contribution in [0.15, 0.2) is 164 Å². The van der Waals surface area contributed by atoms with E-state index in [1.54, 1.807) is 7.11 Å². The lowest BCUT2D eigenvalue weighted by Gasteiger charge is -2.41. The SMILES string of the molecule is COc1ccc(C(OC[C@@]2(CO)C[C@@H](n3ccc4c(Cl)ncnc43)[C@H](OCc3ccccc3)[C@@H]2OCc2ccccc2)(c2ccccc2)c2ccccc2)cc1. The van der Waals surface area contributed by atoms with E-state index in [0.717, 1.165) is 39.0 Å². The highest BCUT2D eigenvalue weighted by atomic mass is 35.5. The minimum atomic E-state index is -1.07. The van der Waals surface area contributed by atoms with Crippen molar-refractivity contribution in [3.63, 3.8) is 0 Å². The van der Waals surface area contributed by atoms with Gasteiger partial charge in [0.15, 0.2) is 0 Å². The van der Waals surface area contributed by atoms with Crippen LogP contribution in [0.5, 0.6) is 5.75 Å². The number of aliphatic hydroxyl groups excluding tert-OH is 1. The second kappa shape index (κ2) is 16.8. The number of fused-ring (bicyclic) bond motifs is 1. The van der Waals surface area contributed by atoms with Crippen LogP contribution in [0, 0.1) is 5.41 Å². The summed E-state index contributed by atoms with van der Waals surface area (Å²) in [6.45, 7) is 0.543. The molecule has 1 aliphatic carbocycles. The van der Waals surface area contributed by atoms with Gasteiger partial charge in [0.2, 0.25) is 0 Å². The van der Waals surface area contributed by atoms with E-state index in [1.807, 2.05) is 134 Å². The predicted molar refractivity (Wildman–Crippen MR) is 217 cm³/mol.